The molecule has 2 amide bonds. The minimum absolute atomic E-state index is 0.00357. The molecule has 1 aromatic carbocycles. The molecule has 0 saturated carbocycles. The third-order valence-corrected chi connectivity index (χ3v) is 3.90. The van der Waals surface area contributed by atoms with Crippen molar-refractivity contribution in [3.8, 4) is 0 Å². The van der Waals surface area contributed by atoms with Gasteiger partial charge in [-0.1, -0.05) is 11.6 Å². The number of nitrogens with one attached hydrogen (secondary N) is 2. The maximum atomic E-state index is 11.9. The fraction of sp³-hybridized carbons (Fsp3) is 0.222. The molecule has 0 aromatic heterocycles. The molecule has 0 heterocycles. The number of carbonyl (C=O) groups is 1. The van der Waals surface area contributed by atoms with Crippen LogP contribution in [0.4, 0.5) is 10.5 Å². The number of hydrogen-bond acceptors (Lipinski definition) is 4. The van der Waals surface area contributed by atoms with E-state index in [2.05, 4.69) is 10.0 Å². The molecule has 0 aliphatic carbocycles. The predicted octanol–water partition coefficient (Wildman–Crippen LogP) is -0.131. The van der Waals surface area contributed by atoms with E-state index >= 15 is 0 Å². The minimum atomic E-state index is -3.77. The summed E-state index contributed by atoms with van der Waals surface area (Å²) >= 11 is 5.78. The summed E-state index contributed by atoms with van der Waals surface area (Å²) in [5, 5.41) is 2.32. The van der Waals surface area contributed by atoms with Crippen molar-refractivity contribution >= 4 is 33.3 Å². The van der Waals surface area contributed by atoms with Crippen LogP contribution in [-0.4, -0.2) is 27.5 Å². The van der Waals surface area contributed by atoms with Crippen molar-refractivity contribution in [2.45, 2.75) is 4.90 Å². The molecular formula is C9H13ClN4O3S. The summed E-state index contributed by atoms with van der Waals surface area (Å²) in [7, 11) is -3.77. The number of nitrogens with two attached hydrogens (primary N) is 2. The van der Waals surface area contributed by atoms with E-state index in [9.17, 15) is 13.2 Å². The van der Waals surface area contributed by atoms with E-state index in [0.29, 0.717) is 0 Å². The van der Waals surface area contributed by atoms with Crippen molar-refractivity contribution in [2.75, 3.05) is 18.8 Å². The normalized spacial score (nSPS) is 11.2. The summed E-state index contributed by atoms with van der Waals surface area (Å²) in [6.07, 6.45) is 0. The van der Waals surface area contributed by atoms with Gasteiger partial charge in [-0.05, 0) is 18.2 Å². The van der Waals surface area contributed by atoms with Crippen LogP contribution in [0.3, 0.4) is 0 Å². The van der Waals surface area contributed by atoms with E-state index in [0.717, 1.165) is 0 Å². The quantitative estimate of drug-likeness (QED) is 0.445. The first kappa shape index (κ1) is 14.6. The lowest BCUT2D eigenvalue weighted by Gasteiger charge is -2.09. The van der Waals surface area contributed by atoms with Gasteiger partial charge < -0.3 is 16.8 Å². The SMILES string of the molecule is NC(=O)NCCNS(=O)(=O)c1cc(N)ccc1Cl. The Morgan fingerprint density at radius 3 is 2.61 bits per heavy atom. The number of amides is 2. The lowest BCUT2D eigenvalue weighted by molar-refractivity contribution is 0.249. The number of hydrogen-bond donors (Lipinski definition) is 4. The van der Waals surface area contributed by atoms with Crippen molar-refractivity contribution in [3.63, 3.8) is 0 Å². The van der Waals surface area contributed by atoms with Crippen LogP contribution in [0, 0.1) is 0 Å². The molecule has 0 fully saturated rings. The van der Waals surface area contributed by atoms with Gasteiger partial charge >= 0.3 is 6.03 Å². The second kappa shape index (κ2) is 5.89. The zero-order valence-electron chi connectivity index (χ0n) is 9.31. The Balaban J connectivity index is 2.74. The van der Waals surface area contributed by atoms with Gasteiger partial charge in [0.05, 0.1) is 5.02 Å². The molecular weight excluding hydrogens is 280 g/mol. The van der Waals surface area contributed by atoms with Gasteiger partial charge in [0.1, 0.15) is 4.90 Å². The van der Waals surface area contributed by atoms with Crippen LogP contribution in [0.5, 0.6) is 0 Å². The van der Waals surface area contributed by atoms with Crippen LogP contribution < -0.4 is 21.5 Å². The van der Waals surface area contributed by atoms with Gasteiger partial charge in [-0.15, -0.1) is 0 Å². The van der Waals surface area contributed by atoms with Crippen LogP contribution in [0.1, 0.15) is 0 Å². The highest BCUT2D eigenvalue weighted by Crippen LogP contribution is 2.23. The van der Waals surface area contributed by atoms with Crippen LogP contribution >= 0.6 is 11.6 Å². The number of nitrogen functional groups attached to an aromatic ring is 1. The molecule has 0 radical (unpaired) electrons. The molecule has 18 heavy (non-hydrogen) atoms. The average molecular weight is 293 g/mol. The maximum Gasteiger partial charge on any atom is 0.312 e. The zero-order chi connectivity index (χ0) is 13.8. The summed E-state index contributed by atoms with van der Waals surface area (Å²) in [6.45, 7) is 0.0743. The first-order valence-electron chi connectivity index (χ1n) is 4.91. The molecule has 0 saturated heterocycles. The van der Waals surface area contributed by atoms with Crippen molar-refractivity contribution in [1.29, 1.82) is 0 Å². The van der Waals surface area contributed by atoms with E-state index in [4.69, 9.17) is 23.1 Å². The Hall–Kier alpha value is -1.51. The predicted molar refractivity (Wildman–Crippen MR) is 68.6 cm³/mol. The maximum absolute atomic E-state index is 11.9. The highest BCUT2D eigenvalue weighted by molar-refractivity contribution is 7.89. The minimum Gasteiger partial charge on any atom is -0.399 e. The lowest BCUT2D eigenvalue weighted by Crippen LogP contribution is -2.37. The molecule has 0 unspecified atom stereocenters. The Bertz CT molecular complexity index is 547. The van der Waals surface area contributed by atoms with E-state index < -0.39 is 16.1 Å². The van der Waals surface area contributed by atoms with Crippen LogP contribution in [0.25, 0.3) is 0 Å². The standard InChI is InChI=1S/C9H13ClN4O3S/c10-7-2-1-6(11)5-8(7)18(16,17)14-4-3-13-9(12)15/h1-2,5,14H,3-4,11H2,(H3,12,13,15). The molecule has 0 aliphatic rings. The van der Waals surface area contributed by atoms with Crippen LogP contribution in [0.15, 0.2) is 23.1 Å². The molecule has 6 N–H and O–H groups in total. The fourth-order valence-electron chi connectivity index (χ4n) is 1.17. The second-order valence-electron chi connectivity index (χ2n) is 3.38. The van der Waals surface area contributed by atoms with Gasteiger partial charge in [0.2, 0.25) is 10.0 Å². The van der Waals surface area contributed by atoms with Gasteiger partial charge in [-0.2, -0.15) is 0 Å². The van der Waals surface area contributed by atoms with E-state index in [1.807, 2.05) is 0 Å². The topological polar surface area (TPSA) is 127 Å². The Kier molecular flexibility index (Phi) is 4.76. The smallest absolute Gasteiger partial charge is 0.312 e. The van der Waals surface area contributed by atoms with E-state index in [1.54, 1.807) is 0 Å². The number of anilines is 1. The van der Waals surface area contributed by atoms with Crippen molar-refractivity contribution in [2.24, 2.45) is 5.73 Å². The third kappa shape index (κ3) is 4.06. The molecule has 1 aromatic rings. The van der Waals surface area contributed by atoms with Gasteiger partial charge in [-0.3, -0.25) is 0 Å². The molecule has 0 spiro atoms. The molecule has 100 valence electrons. The largest absolute Gasteiger partial charge is 0.399 e. The zero-order valence-corrected chi connectivity index (χ0v) is 10.9. The van der Waals surface area contributed by atoms with Gasteiger partial charge in [0.25, 0.3) is 0 Å². The highest BCUT2D eigenvalue weighted by Gasteiger charge is 2.17. The average Bonchev–Trinajstić information content (AvgIpc) is 2.27. The molecule has 0 bridgehead atoms. The summed E-state index contributed by atoms with van der Waals surface area (Å²) in [6, 6.07) is 3.42. The summed E-state index contributed by atoms with van der Waals surface area (Å²) < 4.78 is 26.0. The third-order valence-electron chi connectivity index (χ3n) is 1.96. The Morgan fingerprint density at radius 1 is 1.33 bits per heavy atom. The molecule has 7 nitrogen and oxygen atoms in total. The number of sulfonamides is 1. The number of urea groups is 1. The van der Waals surface area contributed by atoms with Gasteiger partial charge in [0.15, 0.2) is 0 Å². The summed E-state index contributed by atoms with van der Waals surface area (Å²) in [5.41, 5.74) is 10.6. The highest BCUT2D eigenvalue weighted by atomic mass is 35.5. The monoisotopic (exact) mass is 292 g/mol. The molecule has 1 rings (SSSR count). The van der Waals surface area contributed by atoms with Gasteiger partial charge in [-0.25, -0.2) is 17.9 Å². The van der Waals surface area contributed by atoms with Crippen molar-refractivity contribution in [1.82, 2.24) is 10.0 Å². The first-order chi connectivity index (χ1) is 8.33. The summed E-state index contributed by atoms with van der Waals surface area (Å²) in [5.74, 6) is 0. The second-order valence-corrected chi connectivity index (χ2v) is 5.52. The van der Waals surface area contributed by atoms with Gasteiger partial charge in [0, 0.05) is 18.8 Å². The number of primary amides is 1. The van der Waals surface area contributed by atoms with Crippen LogP contribution in [-0.2, 0) is 10.0 Å². The molecule has 0 atom stereocenters. The van der Waals surface area contributed by atoms with E-state index in [-0.39, 0.29) is 28.7 Å². The number of rotatable bonds is 5. The van der Waals surface area contributed by atoms with Crippen LogP contribution in [0.2, 0.25) is 5.02 Å². The Morgan fingerprint density at radius 2 is 2.00 bits per heavy atom. The fourth-order valence-corrected chi connectivity index (χ4v) is 2.74. The van der Waals surface area contributed by atoms with Crippen molar-refractivity contribution in [3.05, 3.63) is 23.2 Å². The number of halogens is 1. The van der Waals surface area contributed by atoms with E-state index in [1.165, 1.54) is 18.2 Å². The molecule has 0 aliphatic heterocycles. The number of benzene rings is 1. The first-order valence-corrected chi connectivity index (χ1v) is 6.77. The summed E-state index contributed by atoms with van der Waals surface area (Å²) in [4.78, 5) is 10.3. The Labute approximate surface area is 110 Å². The molecule has 9 heteroatoms. The lowest BCUT2D eigenvalue weighted by atomic mass is 10.3. The number of carbonyl (C=O) groups excluding carboxylic acids is 1. The van der Waals surface area contributed by atoms with Crippen molar-refractivity contribution < 1.29 is 13.2 Å².